The average molecular weight is 336 g/mol. The zero-order valence-electron chi connectivity index (χ0n) is 12.1. The van der Waals surface area contributed by atoms with Gasteiger partial charge in [-0.2, -0.15) is 13.2 Å². The third kappa shape index (κ3) is 1.85. The fraction of sp³-hybridized carbons (Fsp3) is 0.312. The van der Waals surface area contributed by atoms with E-state index in [9.17, 15) is 27.6 Å². The number of para-hydroxylation sites is 1. The second-order valence-electron chi connectivity index (χ2n) is 6.02. The maximum Gasteiger partial charge on any atom is 0.471 e. The first-order chi connectivity index (χ1) is 11.3. The summed E-state index contributed by atoms with van der Waals surface area (Å²) in [5.41, 5.74) is 1.10. The number of imide groups is 1. The number of hydrogen-bond donors (Lipinski definition) is 1. The maximum absolute atomic E-state index is 13.1. The van der Waals surface area contributed by atoms with Crippen molar-refractivity contribution in [1.82, 2.24) is 5.32 Å². The van der Waals surface area contributed by atoms with Gasteiger partial charge in [0, 0.05) is 5.56 Å². The molecule has 3 amide bonds. The van der Waals surface area contributed by atoms with Gasteiger partial charge in [-0.25, -0.2) is 0 Å². The van der Waals surface area contributed by atoms with E-state index in [1.807, 2.05) is 0 Å². The summed E-state index contributed by atoms with van der Waals surface area (Å²) in [6.45, 7) is 0. The molecule has 124 valence electrons. The van der Waals surface area contributed by atoms with E-state index < -0.39 is 41.8 Å². The fourth-order valence-electron chi connectivity index (χ4n) is 3.85. The van der Waals surface area contributed by atoms with Crippen LogP contribution in [0.1, 0.15) is 12.0 Å². The lowest BCUT2D eigenvalue weighted by Crippen LogP contribution is -2.51. The number of hydrogen-bond acceptors (Lipinski definition) is 3. The molecule has 3 aliphatic rings. The number of benzene rings is 1. The molecule has 1 unspecified atom stereocenters. The number of nitrogens with one attached hydrogen (secondary N) is 1. The van der Waals surface area contributed by atoms with Gasteiger partial charge in [0.05, 0.1) is 23.6 Å². The number of halogens is 3. The smallest absolute Gasteiger partial charge is 0.296 e. The second kappa shape index (κ2) is 4.68. The molecule has 1 aromatic carbocycles. The van der Waals surface area contributed by atoms with E-state index in [-0.39, 0.29) is 12.1 Å². The maximum atomic E-state index is 13.1. The molecule has 1 N–H and O–H groups in total. The van der Waals surface area contributed by atoms with Crippen molar-refractivity contribution >= 4 is 29.0 Å². The highest BCUT2D eigenvalue weighted by molar-refractivity contribution is 6.13. The first kappa shape index (κ1) is 14.9. The average Bonchev–Trinajstić information content (AvgIpc) is 3.00. The number of alkyl halides is 3. The predicted octanol–water partition coefficient (Wildman–Crippen LogP) is 1.64. The number of rotatable bonds is 0. The molecule has 2 aliphatic heterocycles. The normalized spacial score (nSPS) is 28.0. The molecule has 2 heterocycles. The first-order valence-corrected chi connectivity index (χ1v) is 7.35. The Balaban J connectivity index is 1.90. The summed E-state index contributed by atoms with van der Waals surface area (Å²) < 4.78 is 39.3. The van der Waals surface area contributed by atoms with Gasteiger partial charge in [0.2, 0.25) is 11.8 Å². The van der Waals surface area contributed by atoms with E-state index in [2.05, 4.69) is 5.32 Å². The molecule has 0 spiro atoms. The minimum Gasteiger partial charge on any atom is -0.296 e. The molecular weight excluding hydrogens is 325 g/mol. The molecule has 0 saturated carbocycles. The lowest BCUT2D eigenvalue weighted by molar-refractivity contribution is -0.171. The second-order valence-corrected chi connectivity index (χ2v) is 6.02. The van der Waals surface area contributed by atoms with Crippen LogP contribution in [0.25, 0.3) is 5.57 Å². The molecule has 1 aliphatic carbocycles. The SMILES string of the molecule is O=C1NC(=O)[C@@H]2C3C(=CC[C@H]12)c1ccccc1N3C(=O)C(F)(F)F. The van der Waals surface area contributed by atoms with Crippen LogP contribution in [0.2, 0.25) is 0 Å². The summed E-state index contributed by atoms with van der Waals surface area (Å²) in [5.74, 6) is -4.92. The summed E-state index contributed by atoms with van der Waals surface area (Å²) in [7, 11) is 0. The van der Waals surface area contributed by atoms with Gasteiger partial charge in [0.1, 0.15) is 0 Å². The third-order valence-electron chi connectivity index (χ3n) is 4.78. The van der Waals surface area contributed by atoms with Crippen LogP contribution < -0.4 is 10.2 Å². The monoisotopic (exact) mass is 336 g/mol. The van der Waals surface area contributed by atoms with Crippen LogP contribution in [0.5, 0.6) is 0 Å². The Labute approximate surface area is 134 Å². The van der Waals surface area contributed by atoms with Gasteiger partial charge in [-0.15, -0.1) is 0 Å². The largest absolute Gasteiger partial charge is 0.471 e. The number of anilines is 1. The number of amides is 3. The molecule has 3 atom stereocenters. The standard InChI is InChI=1S/C16H11F3N2O3/c17-16(18,19)15(24)21-10-4-2-1-3-7(10)8-5-6-9-11(12(8)21)14(23)20-13(9)22/h1-5,9,11-12H,6H2,(H,20,22,23)/t9-,11-,12?/m0/s1. The van der Waals surface area contributed by atoms with Crippen molar-refractivity contribution in [2.24, 2.45) is 11.8 Å². The Kier molecular flexibility index (Phi) is 2.91. The van der Waals surface area contributed by atoms with E-state index in [1.54, 1.807) is 18.2 Å². The highest BCUT2D eigenvalue weighted by atomic mass is 19.4. The van der Waals surface area contributed by atoms with Crippen LogP contribution in [0.4, 0.5) is 18.9 Å². The van der Waals surface area contributed by atoms with Crippen molar-refractivity contribution in [3.63, 3.8) is 0 Å². The lowest BCUT2D eigenvalue weighted by Gasteiger charge is -2.34. The predicted molar refractivity (Wildman–Crippen MR) is 76.5 cm³/mol. The van der Waals surface area contributed by atoms with Crippen molar-refractivity contribution in [1.29, 1.82) is 0 Å². The Morgan fingerprint density at radius 3 is 2.58 bits per heavy atom. The Morgan fingerprint density at radius 1 is 1.17 bits per heavy atom. The van der Waals surface area contributed by atoms with Crippen molar-refractivity contribution in [3.8, 4) is 0 Å². The zero-order chi connectivity index (χ0) is 17.2. The van der Waals surface area contributed by atoms with Gasteiger partial charge in [0.25, 0.3) is 0 Å². The topological polar surface area (TPSA) is 66.5 Å². The molecule has 1 fully saturated rings. The van der Waals surface area contributed by atoms with Gasteiger partial charge in [-0.3, -0.25) is 24.6 Å². The van der Waals surface area contributed by atoms with Gasteiger partial charge < -0.3 is 0 Å². The summed E-state index contributed by atoms with van der Waals surface area (Å²) in [6.07, 6.45) is -3.16. The molecule has 5 nitrogen and oxygen atoms in total. The van der Waals surface area contributed by atoms with E-state index >= 15 is 0 Å². The minimum absolute atomic E-state index is 0.115. The molecule has 4 rings (SSSR count). The number of carbonyl (C=O) groups excluding carboxylic acids is 3. The van der Waals surface area contributed by atoms with Crippen molar-refractivity contribution < 1.29 is 27.6 Å². The highest BCUT2D eigenvalue weighted by Gasteiger charge is 2.58. The summed E-state index contributed by atoms with van der Waals surface area (Å²) in [4.78, 5) is 36.7. The quantitative estimate of drug-likeness (QED) is 0.733. The van der Waals surface area contributed by atoms with Crippen LogP contribution in [-0.2, 0) is 14.4 Å². The van der Waals surface area contributed by atoms with E-state index in [4.69, 9.17) is 0 Å². The molecule has 8 heteroatoms. The number of nitrogens with zero attached hydrogens (tertiary/aromatic N) is 1. The molecular formula is C16H11F3N2O3. The highest BCUT2D eigenvalue weighted by Crippen LogP contribution is 2.50. The van der Waals surface area contributed by atoms with E-state index in [1.165, 1.54) is 12.1 Å². The number of fused-ring (bicyclic) bond motifs is 5. The summed E-state index contributed by atoms with van der Waals surface area (Å²) >= 11 is 0. The van der Waals surface area contributed by atoms with Gasteiger partial charge in [-0.05, 0) is 18.1 Å². The third-order valence-corrected chi connectivity index (χ3v) is 4.78. The minimum atomic E-state index is -5.07. The van der Waals surface area contributed by atoms with Crippen molar-refractivity contribution in [2.75, 3.05) is 4.90 Å². The number of carbonyl (C=O) groups is 3. The lowest BCUT2D eigenvalue weighted by atomic mass is 9.76. The summed E-state index contributed by atoms with van der Waals surface area (Å²) in [6, 6.07) is 5.12. The summed E-state index contributed by atoms with van der Waals surface area (Å²) in [5, 5.41) is 2.17. The Hall–Kier alpha value is -2.64. The Bertz CT molecular complexity index is 815. The van der Waals surface area contributed by atoms with Crippen LogP contribution in [-0.4, -0.2) is 29.9 Å². The van der Waals surface area contributed by atoms with Gasteiger partial charge in [-0.1, -0.05) is 24.3 Å². The van der Waals surface area contributed by atoms with Crippen LogP contribution in [0, 0.1) is 11.8 Å². The van der Waals surface area contributed by atoms with Gasteiger partial charge in [0.15, 0.2) is 0 Å². The molecule has 1 saturated heterocycles. The molecule has 0 aromatic heterocycles. The fourth-order valence-corrected chi connectivity index (χ4v) is 3.85. The van der Waals surface area contributed by atoms with E-state index in [0.29, 0.717) is 16.0 Å². The molecule has 0 bridgehead atoms. The van der Waals surface area contributed by atoms with Crippen LogP contribution >= 0.6 is 0 Å². The molecule has 24 heavy (non-hydrogen) atoms. The van der Waals surface area contributed by atoms with Crippen molar-refractivity contribution in [2.45, 2.75) is 18.6 Å². The molecule has 0 radical (unpaired) electrons. The zero-order valence-corrected chi connectivity index (χ0v) is 12.1. The first-order valence-electron chi connectivity index (χ1n) is 7.35. The molecule has 1 aromatic rings. The van der Waals surface area contributed by atoms with Crippen molar-refractivity contribution in [3.05, 3.63) is 35.9 Å². The number of allylic oxidation sites excluding steroid dienone is 1. The van der Waals surface area contributed by atoms with Crippen LogP contribution in [0.3, 0.4) is 0 Å². The Morgan fingerprint density at radius 2 is 1.88 bits per heavy atom. The van der Waals surface area contributed by atoms with E-state index in [0.717, 1.165) is 0 Å². The van der Waals surface area contributed by atoms with Crippen LogP contribution in [0.15, 0.2) is 30.3 Å². The van der Waals surface area contributed by atoms with Gasteiger partial charge >= 0.3 is 12.1 Å².